The van der Waals surface area contributed by atoms with Crippen LogP contribution in [0.4, 0.5) is 0 Å². The van der Waals surface area contributed by atoms with Crippen LogP contribution in [0.15, 0.2) is 23.9 Å². The fourth-order valence-corrected chi connectivity index (χ4v) is 7.68. The summed E-state index contributed by atoms with van der Waals surface area (Å²) in [6, 6.07) is 2.15. The van der Waals surface area contributed by atoms with E-state index in [-0.39, 0.29) is 11.1 Å². The molecule has 16 nitrogen and oxygen atoms in total. The van der Waals surface area contributed by atoms with Gasteiger partial charge in [-0.1, -0.05) is 6.07 Å². The summed E-state index contributed by atoms with van der Waals surface area (Å²) in [4.78, 5) is 82.0. The van der Waals surface area contributed by atoms with Gasteiger partial charge < -0.3 is 49.4 Å². The van der Waals surface area contributed by atoms with E-state index in [1.54, 1.807) is 6.92 Å². The van der Waals surface area contributed by atoms with Crippen LogP contribution in [0.3, 0.4) is 0 Å². The van der Waals surface area contributed by atoms with Crippen LogP contribution < -0.4 is 5.32 Å². The van der Waals surface area contributed by atoms with Crippen molar-refractivity contribution in [3.63, 3.8) is 0 Å². The van der Waals surface area contributed by atoms with Crippen molar-refractivity contribution in [2.75, 3.05) is 28.4 Å². The summed E-state index contributed by atoms with van der Waals surface area (Å²) in [6.07, 6.45) is -5.97. The lowest BCUT2D eigenvalue weighted by atomic mass is 9.56. The summed E-state index contributed by atoms with van der Waals surface area (Å²) in [5.74, 6) is -8.28. The lowest BCUT2D eigenvalue weighted by Crippen LogP contribution is -2.73. The minimum Gasteiger partial charge on any atom is -0.507 e. The highest BCUT2D eigenvalue weighted by Gasteiger charge is 2.72. The third-order valence-electron chi connectivity index (χ3n) is 9.95. The number of hydrogen-bond acceptors (Lipinski definition) is 16. The summed E-state index contributed by atoms with van der Waals surface area (Å²) in [5, 5.41) is 49.4. The molecule has 1 aliphatic heterocycles. The first kappa shape index (κ1) is 35.0. The van der Waals surface area contributed by atoms with E-state index in [0.717, 1.165) is 26.4 Å². The maximum atomic E-state index is 14.6. The summed E-state index contributed by atoms with van der Waals surface area (Å²) in [6.45, 7) is 2.99. The number of allylic oxidation sites excluding steroid dienone is 2. The maximum Gasteiger partial charge on any atom is 0.341 e. The van der Waals surface area contributed by atoms with Crippen molar-refractivity contribution in [1.29, 1.82) is 0 Å². The van der Waals surface area contributed by atoms with E-state index in [4.69, 9.17) is 23.7 Å². The Balaban J connectivity index is 1.52. The summed E-state index contributed by atoms with van der Waals surface area (Å²) in [7, 11) is 4.49. The van der Waals surface area contributed by atoms with Gasteiger partial charge in [0.1, 0.15) is 23.2 Å². The second-order valence-corrected chi connectivity index (χ2v) is 12.4. The number of benzene rings is 2. The Morgan fingerprint density at radius 1 is 0.940 bits per heavy atom. The molecule has 0 aromatic heterocycles. The number of phenols is 2. The van der Waals surface area contributed by atoms with Gasteiger partial charge in [-0.2, -0.15) is 0 Å². The number of rotatable bonds is 6. The molecule has 1 heterocycles. The Morgan fingerprint density at radius 2 is 1.60 bits per heavy atom. The Kier molecular flexibility index (Phi) is 8.33. The number of phenolic OH excluding ortho intramolecular Hbond substituents is 2. The molecule has 5 N–H and O–H groups in total. The minimum atomic E-state index is -3.24. The first-order valence-electron chi connectivity index (χ1n) is 15.3. The molecule has 2 aromatic rings. The van der Waals surface area contributed by atoms with Gasteiger partial charge in [-0.05, 0) is 31.0 Å². The average Bonchev–Trinajstić information content (AvgIpc) is 3.05. The molecule has 0 saturated carbocycles. The van der Waals surface area contributed by atoms with Gasteiger partial charge in [-0.3, -0.25) is 24.0 Å². The van der Waals surface area contributed by atoms with Gasteiger partial charge >= 0.3 is 5.97 Å². The van der Waals surface area contributed by atoms with Crippen LogP contribution in [0, 0.1) is 6.92 Å². The number of methoxy groups -OCH3 is 4. The number of aryl methyl sites for hydroxylation is 1. The van der Waals surface area contributed by atoms with Crippen molar-refractivity contribution in [3.8, 4) is 11.5 Å². The molecule has 50 heavy (non-hydrogen) atoms. The molecule has 2 aromatic carbocycles. The number of esters is 1. The predicted molar refractivity (Wildman–Crippen MR) is 165 cm³/mol. The Labute approximate surface area is 283 Å². The second-order valence-electron chi connectivity index (χ2n) is 12.4. The van der Waals surface area contributed by atoms with Crippen molar-refractivity contribution in [2.45, 2.75) is 62.1 Å². The normalized spacial score (nSPS) is 30.2. The predicted octanol–water partition coefficient (Wildman–Crippen LogP) is -0.0418. The fraction of sp³-hybridized carbons (Fsp3) is 0.412. The van der Waals surface area contributed by atoms with E-state index in [0.29, 0.717) is 0 Å². The van der Waals surface area contributed by atoms with Gasteiger partial charge in [0.15, 0.2) is 35.1 Å². The number of aliphatic hydroxyl groups is 2. The number of Topliss-reactive ketones (excluding diaryl/α,β-unsaturated/α-hetero) is 4. The number of carbonyl (C=O) groups excluding carboxylic acids is 6. The number of hydrogen-bond donors (Lipinski definition) is 5. The Morgan fingerprint density at radius 3 is 2.20 bits per heavy atom. The highest BCUT2D eigenvalue weighted by Crippen LogP contribution is 2.56. The lowest BCUT2D eigenvalue weighted by molar-refractivity contribution is -0.190. The number of carbonyl (C=O) groups is 6. The second kappa shape index (κ2) is 11.9. The van der Waals surface area contributed by atoms with Crippen LogP contribution in [-0.2, 0) is 40.5 Å². The molecule has 0 spiro atoms. The summed E-state index contributed by atoms with van der Waals surface area (Å²) < 4.78 is 26.5. The average molecular weight is 696 g/mol. The first-order valence-corrected chi connectivity index (χ1v) is 15.3. The molecule has 1 fully saturated rings. The number of fused-ring (bicyclic) bond motifs is 5. The van der Waals surface area contributed by atoms with E-state index >= 15 is 0 Å². The van der Waals surface area contributed by atoms with Crippen LogP contribution in [0.25, 0.3) is 0 Å². The topological polar surface area (TPSA) is 242 Å². The van der Waals surface area contributed by atoms with E-state index in [1.165, 1.54) is 27.2 Å². The molecule has 4 aliphatic rings. The van der Waals surface area contributed by atoms with Crippen LogP contribution in [0.5, 0.6) is 11.5 Å². The van der Waals surface area contributed by atoms with E-state index in [9.17, 15) is 49.2 Å². The number of ether oxygens (including phenoxy) is 5. The minimum absolute atomic E-state index is 0.0116. The van der Waals surface area contributed by atoms with Gasteiger partial charge in [-0.25, -0.2) is 4.79 Å². The molecule has 3 aliphatic carbocycles. The largest absolute Gasteiger partial charge is 0.507 e. The molecule has 7 atom stereocenters. The van der Waals surface area contributed by atoms with Gasteiger partial charge in [0, 0.05) is 50.5 Å². The number of nitrogens with one attached hydrogen (secondary N) is 1. The first-order chi connectivity index (χ1) is 23.6. The highest BCUT2D eigenvalue weighted by atomic mass is 16.6. The lowest BCUT2D eigenvalue weighted by Gasteiger charge is -2.52. The zero-order chi connectivity index (χ0) is 36.8. The third-order valence-corrected chi connectivity index (χ3v) is 9.95. The molecule has 0 amide bonds. The van der Waals surface area contributed by atoms with Crippen molar-refractivity contribution < 1.29 is 72.9 Å². The van der Waals surface area contributed by atoms with Gasteiger partial charge in [0.05, 0.1) is 36.1 Å². The van der Waals surface area contributed by atoms with Crippen LogP contribution in [-0.4, -0.2) is 120 Å². The van der Waals surface area contributed by atoms with E-state index in [2.05, 4.69) is 5.32 Å². The van der Waals surface area contributed by atoms with Gasteiger partial charge in [0.25, 0.3) is 0 Å². The zero-order valence-corrected chi connectivity index (χ0v) is 27.6. The van der Waals surface area contributed by atoms with Crippen molar-refractivity contribution >= 4 is 34.9 Å². The zero-order valence-electron chi connectivity index (χ0n) is 27.6. The molecular formula is C34H33NO15. The Bertz CT molecular complexity index is 1970. The number of aromatic hydroxyl groups is 2. The van der Waals surface area contributed by atoms with Crippen molar-refractivity contribution in [2.24, 2.45) is 0 Å². The van der Waals surface area contributed by atoms with Gasteiger partial charge in [0.2, 0.25) is 17.3 Å². The molecular weight excluding hydrogens is 662 g/mol. The molecule has 1 unspecified atom stereocenters. The summed E-state index contributed by atoms with van der Waals surface area (Å²) >= 11 is 0. The fourth-order valence-electron chi connectivity index (χ4n) is 7.68. The van der Waals surface area contributed by atoms with Crippen LogP contribution in [0.1, 0.15) is 75.4 Å². The Hall–Kier alpha value is -4.84. The summed E-state index contributed by atoms with van der Waals surface area (Å²) in [5.41, 5.74) is -10.3. The number of aliphatic hydroxyl groups excluding tert-OH is 1. The monoisotopic (exact) mass is 695 g/mol. The smallest absolute Gasteiger partial charge is 0.341 e. The molecule has 6 rings (SSSR count). The SMILES string of the molecule is COC(=O)c1c(C)cc2c(c1O)[C@]1(O)C(=O)c3cc4c(c(O)c3C(=O)[C@]1(OC)[C@H](O)C2)C(=O)C=C(N[C@H]1OC(C)[C@H](OC)C(=O)[C@H]1OC)C4=O. The maximum absolute atomic E-state index is 14.6. The molecule has 264 valence electrons. The third kappa shape index (κ3) is 4.33. The van der Waals surface area contributed by atoms with E-state index < -0.39 is 134 Å². The molecule has 1 saturated heterocycles. The standard InChI is InChI=1S/C34H33NO15/c1-11-7-13-8-18(37)34(49-6)30(43)21-15(29(42)33(34,45)22(13)25(40)19(11)32(44)48-5)9-14-20(24(21)39)17(36)10-16(23(14)38)35-31-28(47-4)26(41)27(46-3)12(2)50-31/h7,9-10,12,18,27-28,31,35,37,39-40,45H,8H2,1-6H3/t12?,18-,27+,28-,31+,33+,34-/m1/s1. The van der Waals surface area contributed by atoms with Crippen molar-refractivity contribution in [3.05, 3.63) is 68.4 Å². The number of ketones is 5. The van der Waals surface area contributed by atoms with E-state index in [1.807, 2.05) is 0 Å². The molecule has 16 heteroatoms. The van der Waals surface area contributed by atoms with Crippen LogP contribution in [0.2, 0.25) is 0 Å². The van der Waals surface area contributed by atoms with Crippen molar-refractivity contribution in [1.82, 2.24) is 5.32 Å². The van der Waals surface area contributed by atoms with Gasteiger partial charge in [-0.15, -0.1) is 0 Å². The quantitative estimate of drug-likeness (QED) is 0.249. The molecule has 0 radical (unpaired) electrons. The highest BCUT2D eigenvalue weighted by molar-refractivity contribution is 6.31. The van der Waals surface area contributed by atoms with Crippen LogP contribution >= 0.6 is 0 Å². The molecule has 0 bridgehead atoms.